The van der Waals surface area contributed by atoms with Crippen LogP contribution in [0.3, 0.4) is 0 Å². The highest BCUT2D eigenvalue weighted by molar-refractivity contribution is 7.17. The van der Waals surface area contributed by atoms with E-state index in [4.69, 9.17) is 14.8 Å². The van der Waals surface area contributed by atoms with Crippen LogP contribution in [0.5, 0.6) is 5.75 Å². The van der Waals surface area contributed by atoms with Crippen molar-refractivity contribution in [3.63, 3.8) is 0 Å². The van der Waals surface area contributed by atoms with E-state index in [1.165, 1.54) is 11.3 Å². The van der Waals surface area contributed by atoms with Crippen LogP contribution in [0, 0.1) is 5.41 Å². The van der Waals surface area contributed by atoms with Gasteiger partial charge in [0.15, 0.2) is 5.13 Å². The lowest BCUT2D eigenvalue weighted by Crippen LogP contribution is -2.32. The van der Waals surface area contributed by atoms with Crippen LogP contribution in [-0.4, -0.2) is 52.1 Å². The van der Waals surface area contributed by atoms with E-state index in [2.05, 4.69) is 35.2 Å². The van der Waals surface area contributed by atoms with Gasteiger partial charge >= 0.3 is 0 Å². The Balaban J connectivity index is 1.52. The second kappa shape index (κ2) is 7.65. The Hall–Kier alpha value is -2.91. The fourth-order valence-corrected chi connectivity index (χ4v) is 5.04. The molecule has 31 heavy (non-hydrogen) atoms. The number of anilines is 2. The number of nitrogens with zero attached hydrogens (tertiary/aromatic N) is 4. The second-order valence-corrected chi connectivity index (χ2v) is 9.67. The number of aliphatic hydroxyl groups is 1. The zero-order chi connectivity index (χ0) is 21.6. The van der Waals surface area contributed by atoms with Crippen molar-refractivity contribution in [3.05, 3.63) is 41.2 Å². The number of hydrogen-bond acceptors (Lipinski definition) is 7. The van der Waals surface area contributed by atoms with Crippen LogP contribution in [-0.2, 0) is 13.0 Å². The van der Waals surface area contributed by atoms with Crippen LogP contribution in [0.2, 0.25) is 0 Å². The van der Waals surface area contributed by atoms with E-state index < -0.39 is 0 Å². The van der Waals surface area contributed by atoms with Crippen molar-refractivity contribution in [2.24, 2.45) is 5.41 Å². The molecular formula is C22H25N5O3S. The second-order valence-electron chi connectivity index (χ2n) is 8.69. The third-order valence-corrected chi connectivity index (χ3v) is 6.73. The number of aliphatic hydroxyl groups excluding tert-OH is 1. The maximum Gasteiger partial charge on any atom is 0.263 e. The summed E-state index contributed by atoms with van der Waals surface area (Å²) in [6, 6.07) is 6.05. The minimum absolute atomic E-state index is 0.0307. The van der Waals surface area contributed by atoms with Gasteiger partial charge in [0, 0.05) is 18.3 Å². The van der Waals surface area contributed by atoms with Crippen molar-refractivity contribution in [3.8, 4) is 16.9 Å². The molecule has 0 unspecified atom stereocenters. The minimum Gasteiger partial charge on any atom is -0.490 e. The van der Waals surface area contributed by atoms with Crippen molar-refractivity contribution in [2.75, 3.05) is 31.2 Å². The maximum absolute atomic E-state index is 12.6. The van der Waals surface area contributed by atoms with Crippen molar-refractivity contribution in [1.82, 2.24) is 20.1 Å². The number of ether oxygens (including phenoxy) is 1. The van der Waals surface area contributed by atoms with Crippen molar-refractivity contribution >= 4 is 28.1 Å². The number of carbonyl (C=O) groups excluding carboxylic acids is 1. The minimum atomic E-state index is -0.0390. The predicted molar refractivity (Wildman–Crippen MR) is 119 cm³/mol. The average Bonchev–Trinajstić information content (AvgIpc) is 3.36. The van der Waals surface area contributed by atoms with Gasteiger partial charge in [-0.3, -0.25) is 9.48 Å². The molecule has 3 aromatic rings. The van der Waals surface area contributed by atoms with Gasteiger partial charge in [-0.25, -0.2) is 4.98 Å². The summed E-state index contributed by atoms with van der Waals surface area (Å²) in [6.07, 6.45) is 4.48. The number of thiazole rings is 1. The molecule has 0 fully saturated rings. The van der Waals surface area contributed by atoms with E-state index in [9.17, 15) is 4.79 Å². The van der Waals surface area contributed by atoms with Crippen molar-refractivity contribution in [2.45, 2.75) is 26.8 Å². The number of benzene rings is 1. The molecule has 5 rings (SSSR count). The molecule has 2 aromatic heterocycles. The molecule has 0 saturated heterocycles. The predicted octanol–water partition coefficient (Wildman–Crippen LogP) is 2.84. The SMILES string of the molecule is CC1(C)CNC(=O)c2sc(N3CCOc4ccc(-c5cnn(CCO)c5)cc43)nc2C1. The molecule has 1 aromatic carbocycles. The van der Waals surface area contributed by atoms with Crippen LogP contribution in [0.25, 0.3) is 11.1 Å². The maximum atomic E-state index is 12.6. The molecule has 0 saturated carbocycles. The number of amides is 1. The quantitative estimate of drug-likeness (QED) is 0.650. The standard InChI is InChI=1S/C22H25N5O3S/c1-22(2)10-16-19(20(29)23-13-22)31-21(25-16)27-6-8-30-18-4-3-14(9-17(18)27)15-11-24-26(12-15)5-7-28/h3-4,9,11-12,28H,5-8,10,13H2,1-2H3,(H,23,29). The zero-order valence-electron chi connectivity index (χ0n) is 17.6. The van der Waals surface area contributed by atoms with Gasteiger partial charge in [-0.1, -0.05) is 31.3 Å². The third-order valence-electron chi connectivity index (χ3n) is 5.61. The summed E-state index contributed by atoms with van der Waals surface area (Å²) < 4.78 is 7.61. The summed E-state index contributed by atoms with van der Waals surface area (Å²) in [5.41, 5.74) is 3.75. The van der Waals surface area contributed by atoms with Crippen LogP contribution in [0.4, 0.5) is 10.8 Å². The molecule has 1 amide bonds. The molecule has 0 atom stereocenters. The van der Waals surface area contributed by atoms with Gasteiger partial charge in [0.05, 0.1) is 37.3 Å². The van der Waals surface area contributed by atoms with Crippen molar-refractivity contribution < 1.29 is 14.6 Å². The largest absolute Gasteiger partial charge is 0.490 e. The van der Waals surface area contributed by atoms with E-state index >= 15 is 0 Å². The fraction of sp³-hybridized carbons (Fsp3) is 0.409. The molecule has 0 bridgehead atoms. The van der Waals surface area contributed by atoms with Gasteiger partial charge in [-0.2, -0.15) is 5.10 Å². The molecule has 9 heteroatoms. The summed E-state index contributed by atoms with van der Waals surface area (Å²) >= 11 is 1.44. The number of hydrogen-bond donors (Lipinski definition) is 2. The number of aromatic nitrogens is 3. The van der Waals surface area contributed by atoms with Crippen LogP contribution in [0.15, 0.2) is 30.6 Å². The summed E-state index contributed by atoms with van der Waals surface area (Å²) in [5, 5.41) is 17.3. The molecule has 162 valence electrons. The Morgan fingerprint density at radius 2 is 2.19 bits per heavy atom. The normalized spacial score (nSPS) is 17.4. The molecule has 0 spiro atoms. The Bertz CT molecular complexity index is 1140. The van der Waals surface area contributed by atoms with Crippen LogP contribution >= 0.6 is 11.3 Å². The zero-order valence-corrected chi connectivity index (χ0v) is 18.4. The lowest BCUT2D eigenvalue weighted by molar-refractivity contribution is 0.0948. The number of rotatable bonds is 4. The summed E-state index contributed by atoms with van der Waals surface area (Å²) in [7, 11) is 0. The van der Waals surface area contributed by atoms with Gasteiger partial charge in [-0.05, 0) is 29.5 Å². The first-order valence-corrected chi connectivity index (χ1v) is 11.2. The topological polar surface area (TPSA) is 92.5 Å². The smallest absolute Gasteiger partial charge is 0.263 e. The highest BCUT2D eigenvalue weighted by Crippen LogP contribution is 2.42. The van der Waals surface area contributed by atoms with E-state index in [1.54, 1.807) is 10.9 Å². The van der Waals surface area contributed by atoms with Gasteiger partial charge in [0.2, 0.25) is 0 Å². The van der Waals surface area contributed by atoms with E-state index in [-0.39, 0.29) is 17.9 Å². The lowest BCUT2D eigenvalue weighted by Gasteiger charge is -2.29. The van der Waals surface area contributed by atoms with E-state index in [0.29, 0.717) is 31.1 Å². The Morgan fingerprint density at radius 1 is 1.32 bits per heavy atom. The first-order chi connectivity index (χ1) is 14.9. The van der Waals surface area contributed by atoms with E-state index in [0.717, 1.165) is 39.8 Å². The summed E-state index contributed by atoms with van der Waals surface area (Å²) in [4.78, 5) is 20.4. The average molecular weight is 440 g/mol. The lowest BCUT2D eigenvalue weighted by atomic mass is 9.88. The molecule has 2 N–H and O–H groups in total. The van der Waals surface area contributed by atoms with Crippen LogP contribution in [0.1, 0.15) is 29.2 Å². The van der Waals surface area contributed by atoms with Gasteiger partial charge in [-0.15, -0.1) is 0 Å². The number of carbonyl (C=O) groups is 1. The molecule has 0 aliphatic carbocycles. The Labute approximate surface area is 184 Å². The fourth-order valence-electron chi connectivity index (χ4n) is 4.00. The number of nitrogens with one attached hydrogen (secondary N) is 1. The number of fused-ring (bicyclic) bond motifs is 2. The monoisotopic (exact) mass is 439 g/mol. The van der Waals surface area contributed by atoms with Crippen molar-refractivity contribution in [1.29, 1.82) is 0 Å². The van der Waals surface area contributed by atoms with Gasteiger partial charge in [0.1, 0.15) is 17.2 Å². The van der Waals surface area contributed by atoms with E-state index in [1.807, 2.05) is 18.3 Å². The molecule has 8 nitrogen and oxygen atoms in total. The summed E-state index contributed by atoms with van der Waals surface area (Å²) in [5.74, 6) is 0.760. The van der Waals surface area contributed by atoms with Crippen LogP contribution < -0.4 is 15.0 Å². The highest BCUT2D eigenvalue weighted by Gasteiger charge is 2.32. The Morgan fingerprint density at radius 3 is 3.03 bits per heavy atom. The molecular weight excluding hydrogens is 414 g/mol. The molecule has 0 radical (unpaired) electrons. The summed E-state index contributed by atoms with van der Waals surface area (Å²) in [6.45, 7) is 6.68. The van der Waals surface area contributed by atoms with Gasteiger partial charge < -0.3 is 20.1 Å². The molecule has 4 heterocycles. The van der Waals surface area contributed by atoms with Gasteiger partial charge in [0.25, 0.3) is 5.91 Å². The first-order valence-electron chi connectivity index (χ1n) is 10.4. The highest BCUT2D eigenvalue weighted by atomic mass is 32.1. The Kier molecular flexibility index (Phi) is 4.94. The molecule has 2 aliphatic rings. The third kappa shape index (κ3) is 3.79. The molecule has 2 aliphatic heterocycles. The first kappa shape index (κ1) is 20.0.